The van der Waals surface area contributed by atoms with Crippen molar-refractivity contribution in [1.29, 1.82) is 0 Å². The third kappa shape index (κ3) is 5.29. The van der Waals surface area contributed by atoms with Gasteiger partial charge in [-0.1, -0.05) is 48.5 Å². The first kappa shape index (κ1) is 36.0. The Balaban J connectivity index is 1.31. The molecular formula is C42H59NO6. The molecule has 0 aliphatic heterocycles. The lowest BCUT2D eigenvalue weighted by Crippen LogP contribution is -2.66. The van der Waals surface area contributed by atoms with E-state index in [2.05, 4.69) is 53.5 Å². The summed E-state index contributed by atoms with van der Waals surface area (Å²) in [7, 11) is 0. The number of carboxylic acids is 1. The van der Waals surface area contributed by atoms with E-state index in [1.165, 1.54) is 5.57 Å². The molecule has 4 fully saturated rings. The van der Waals surface area contributed by atoms with Crippen molar-refractivity contribution in [2.24, 2.45) is 56.2 Å². The van der Waals surface area contributed by atoms with E-state index in [0.29, 0.717) is 24.7 Å². The van der Waals surface area contributed by atoms with Crippen LogP contribution in [0.1, 0.15) is 132 Å². The third-order valence-electron chi connectivity index (χ3n) is 15.5. The second-order valence-corrected chi connectivity index (χ2v) is 18.9. The van der Waals surface area contributed by atoms with Crippen molar-refractivity contribution < 1.29 is 29.0 Å². The zero-order valence-electron chi connectivity index (χ0n) is 31.4. The van der Waals surface area contributed by atoms with Crippen LogP contribution in [-0.4, -0.2) is 39.7 Å². The summed E-state index contributed by atoms with van der Waals surface area (Å²) >= 11 is 0. The van der Waals surface area contributed by atoms with Gasteiger partial charge in [0.1, 0.15) is 11.9 Å². The smallest absolute Gasteiger partial charge is 0.309 e. The van der Waals surface area contributed by atoms with Gasteiger partial charge < -0.3 is 9.84 Å². The monoisotopic (exact) mass is 673 g/mol. The highest BCUT2D eigenvalue weighted by molar-refractivity contribution is 6.07. The lowest BCUT2D eigenvalue weighted by atomic mass is 9.33. The minimum atomic E-state index is -1.17. The van der Waals surface area contributed by atoms with Crippen LogP contribution >= 0.6 is 0 Å². The van der Waals surface area contributed by atoms with E-state index in [1.807, 2.05) is 12.1 Å². The van der Waals surface area contributed by atoms with E-state index in [9.17, 15) is 24.3 Å². The SMILES string of the molecule is CC(C)C1=C2[C@H]3CC[C@@H]4[C@@]5(C)CC[C@H](OC(=O)CC(C)(C)C(=O)O)C(C)(C)[C@@H]5CC[C@@]4(C)[C@]3(C)CC[C@@]2(C(=O)Cc2ccncc2)CC1=O. The van der Waals surface area contributed by atoms with Gasteiger partial charge in [0.05, 0.1) is 17.3 Å². The van der Waals surface area contributed by atoms with Gasteiger partial charge in [0.15, 0.2) is 5.78 Å². The van der Waals surface area contributed by atoms with Gasteiger partial charge >= 0.3 is 11.9 Å². The first-order valence-corrected chi connectivity index (χ1v) is 18.9. The molecule has 1 heterocycles. The second-order valence-electron chi connectivity index (χ2n) is 18.9. The first-order chi connectivity index (χ1) is 22.7. The van der Waals surface area contributed by atoms with Gasteiger partial charge in [0, 0.05) is 30.7 Å². The molecule has 5 aliphatic carbocycles. The largest absolute Gasteiger partial charge is 0.481 e. The summed E-state index contributed by atoms with van der Waals surface area (Å²) in [6, 6.07) is 3.84. The van der Waals surface area contributed by atoms with Crippen LogP contribution in [0, 0.1) is 56.2 Å². The predicted molar refractivity (Wildman–Crippen MR) is 188 cm³/mol. The Labute approximate surface area is 293 Å². The highest BCUT2D eigenvalue weighted by Gasteiger charge is 2.71. The zero-order chi connectivity index (χ0) is 35.9. The van der Waals surface area contributed by atoms with E-state index >= 15 is 0 Å². The number of carbonyl (C=O) groups is 4. The van der Waals surface area contributed by atoms with Crippen molar-refractivity contribution in [2.45, 2.75) is 139 Å². The number of nitrogens with zero attached hydrogens (tertiary/aromatic N) is 1. The molecule has 0 bridgehead atoms. The summed E-state index contributed by atoms with van der Waals surface area (Å²) in [6.07, 6.45) is 11.3. The maximum absolute atomic E-state index is 14.5. The number of carboxylic acid groups (broad SMARTS) is 1. The molecule has 7 nitrogen and oxygen atoms in total. The molecule has 1 aromatic heterocycles. The lowest BCUT2D eigenvalue weighted by Gasteiger charge is -2.72. The molecule has 8 atom stereocenters. The van der Waals surface area contributed by atoms with Crippen LogP contribution in [0.25, 0.3) is 0 Å². The number of esters is 1. The quantitative estimate of drug-likeness (QED) is 0.275. The van der Waals surface area contributed by atoms with E-state index < -0.39 is 22.8 Å². The molecule has 6 rings (SSSR count). The summed E-state index contributed by atoms with van der Waals surface area (Å²) < 4.78 is 6.15. The Morgan fingerprint density at radius 2 is 1.59 bits per heavy atom. The summed E-state index contributed by atoms with van der Waals surface area (Å²) in [5, 5.41) is 9.58. The highest BCUT2D eigenvalue weighted by Crippen LogP contribution is 2.76. The molecule has 7 heteroatoms. The van der Waals surface area contributed by atoms with Gasteiger partial charge in [-0.05, 0) is 134 Å². The normalized spacial score (nSPS) is 38.3. The van der Waals surface area contributed by atoms with Gasteiger partial charge in [0.2, 0.25) is 0 Å². The number of fused-ring (bicyclic) bond motifs is 7. The Hall–Kier alpha value is -2.83. The van der Waals surface area contributed by atoms with Crippen molar-refractivity contribution in [1.82, 2.24) is 4.98 Å². The van der Waals surface area contributed by atoms with E-state index in [-0.39, 0.29) is 57.6 Å². The number of allylic oxidation sites excluding steroid dienone is 2. The molecule has 4 saturated carbocycles. The summed E-state index contributed by atoms with van der Waals surface area (Å²) in [4.78, 5) is 57.3. The average Bonchev–Trinajstić information content (AvgIpc) is 3.32. The van der Waals surface area contributed by atoms with E-state index in [0.717, 1.165) is 62.5 Å². The fourth-order valence-electron chi connectivity index (χ4n) is 12.6. The molecule has 5 aliphatic rings. The number of hydrogen-bond donors (Lipinski definition) is 1. The molecule has 268 valence electrons. The van der Waals surface area contributed by atoms with Gasteiger partial charge in [0.25, 0.3) is 0 Å². The molecule has 0 spiro atoms. The number of ether oxygens (including phenoxy) is 1. The molecular weight excluding hydrogens is 614 g/mol. The molecule has 0 radical (unpaired) electrons. The van der Waals surface area contributed by atoms with E-state index in [4.69, 9.17) is 4.74 Å². The predicted octanol–water partition coefficient (Wildman–Crippen LogP) is 8.59. The molecule has 0 aromatic carbocycles. The Morgan fingerprint density at radius 1 is 0.918 bits per heavy atom. The summed E-state index contributed by atoms with van der Waals surface area (Å²) in [5.74, 6) is 0.0854. The number of aromatic nitrogens is 1. The molecule has 0 saturated heterocycles. The van der Waals surface area contributed by atoms with Crippen molar-refractivity contribution in [3.8, 4) is 0 Å². The van der Waals surface area contributed by atoms with Crippen molar-refractivity contribution >= 4 is 23.5 Å². The number of pyridine rings is 1. The highest BCUT2D eigenvalue weighted by atomic mass is 16.5. The maximum Gasteiger partial charge on any atom is 0.309 e. The number of hydrogen-bond acceptors (Lipinski definition) is 6. The molecule has 49 heavy (non-hydrogen) atoms. The lowest BCUT2D eigenvalue weighted by molar-refractivity contribution is -0.233. The van der Waals surface area contributed by atoms with Crippen LogP contribution in [0.4, 0.5) is 0 Å². The van der Waals surface area contributed by atoms with Crippen molar-refractivity contribution in [3.63, 3.8) is 0 Å². The van der Waals surface area contributed by atoms with Crippen LogP contribution in [0.15, 0.2) is 35.7 Å². The topological polar surface area (TPSA) is 111 Å². The third-order valence-corrected chi connectivity index (χ3v) is 15.5. The average molecular weight is 674 g/mol. The van der Waals surface area contributed by atoms with Crippen molar-refractivity contribution in [3.05, 3.63) is 41.2 Å². The Kier molecular flexibility index (Phi) is 8.71. The number of carbonyl (C=O) groups excluding carboxylic acids is 3. The van der Waals surface area contributed by atoms with Gasteiger partial charge in [-0.2, -0.15) is 0 Å². The number of ketones is 2. The molecule has 1 N–H and O–H groups in total. The number of aliphatic carboxylic acids is 1. The first-order valence-electron chi connectivity index (χ1n) is 18.9. The van der Waals surface area contributed by atoms with Gasteiger partial charge in [-0.3, -0.25) is 24.2 Å². The van der Waals surface area contributed by atoms with Crippen molar-refractivity contribution in [2.75, 3.05) is 0 Å². The summed E-state index contributed by atoms with van der Waals surface area (Å²) in [6.45, 7) is 19.5. The van der Waals surface area contributed by atoms with Gasteiger partial charge in [-0.15, -0.1) is 0 Å². The maximum atomic E-state index is 14.5. The molecule has 1 aromatic rings. The van der Waals surface area contributed by atoms with Crippen LogP contribution in [0.5, 0.6) is 0 Å². The minimum absolute atomic E-state index is 0.0350. The number of Topliss-reactive ketones (excluding diaryl/α,β-unsaturated/α-hetero) is 2. The van der Waals surface area contributed by atoms with Gasteiger partial charge in [-0.25, -0.2) is 0 Å². The standard InChI is InChI=1S/C42H59NO6/c1-25(2)34-28(44)23-42(31(45)22-26-14-20-43-21-15-26)19-18-40(8)27(35(34)42)10-11-30-39(7)16-13-32(49-33(46)24-37(3,4)36(47)48)38(5,6)29(39)12-17-41(30,40)9/h14-15,20-21,25,27,29-30,32H,10-13,16-19,22-24H2,1-9H3,(H,47,48)/t27-,29+,30-,32+,39+,40-,41-,42+/m1/s1. The van der Waals surface area contributed by atoms with Crippen LogP contribution in [-0.2, 0) is 30.3 Å². The second kappa shape index (κ2) is 11.9. The van der Waals surface area contributed by atoms with E-state index in [1.54, 1.807) is 26.2 Å². The summed E-state index contributed by atoms with van der Waals surface area (Å²) in [5.41, 5.74) is 1.04. The fourth-order valence-corrected chi connectivity index (χ4v) is 12.6. The molecule has 0 unspecified atom stereocenters. The van der Waals surface area contributed by atoms with Crippen LogP contribution in [0.2, 0.25) is 0 Å². The van der Waals surface area contributed by atoms with Crippen LogP contribution in [0.3, 0.4) is 0 Å². The van der Waals surface area contributed by atoms with Crippen LogP contribution < -0.4 is 0 Å². The number of rotatable bonds is 8. The Morgan fingerprint density at radius 3 is 2.22 bits per heavy atom. The molecule has 0 amide bonds. The zero-order valence-corrected chi connectivity index (χ0v) is 31.4. The Bertz CT molecular complexity index is 1570. The fraction of sp³-hybridized carbons (Fsp3) is 0.738. The minimum Gasteiger partial charge on any atom is -0.481 e.